The number of hydrogen-bond acceptors (Lipinski definition) is 4. The van der Waals surface area contributed by atoms with Crippen molar-refractivity contribution in [2.24, 2.45) is 0 Å². The fourth-order valence-electron chi connectivity index (χ4n) is 1.75. The second-order valence-electron chi connectivity index (χ2n) is 4.45. The summed E-state index contributed by atoms with van der Waals surface area (Å²) in [5.41, 5.74) is 4.75. The molecule has 2 rings (SSSR count). The molecule has 0 radical (unpaired) electrons. The van der Waals surface area contributed by atoms with Crippen LogP contribution in [0.15, 0.2) is 48.5 Å². The monoisotopic (exact) mass is 334 g/mol. The van der Waals surface area contributed by atoms with Crippen molar-refractivity contribution >= 4 is 23.4 Å². The van der Waals surface area contributed by atoms with Gasteiger partial charge in [0.2, 0.25) is 0 Å². The van der Waals surface area contributed by atoms with Gasteiger partial charge in [0.25, 0.3) is 11.8 Å². The van der Waals surface area contributed by atoms with Crippen LogP contribution in [-0.4, -0.2) is 25.5 Å². The largest absolute Gasteiger partial charge is 0.496 e. The lowest BCUT2D eigenvalue weighted by atomic mass is 10.2. The fraction of sp³-hybridized carbons (Fsp3) is 0.125. The summed E-state index contributed by atoms with van der Waals surface area (Å²) in [6.07, 6.45) is 0. The Hall–Kier alpha value is -2.73. The number of methoxy groups -OCH3 is 1. The first-order chi connectivity index (χ1) is 11.1. The number of amides is 2. The quantitative estimate of drug-likeness (QED) is 0.822. The normalized spacial score (nSPS) is 9.83. The number of carbonyl (C=O) groups is 2. The number of para-hydroxylation sites is 1. The van der Waals surface area contributed by atoms with E-state index in [0.29, 0.717) is 16.5 Å². The van der Waals surface area contributed by atoms with Crippen molar-refractivity contribution in [3.05, 3.63) is 59.1 Å². The van der Waals surface area contributed by atoms with Gasteiger partial charge in [0, 0.05) is 5.02 Å². The zero-order chi connectivity index (χ0) is 16.7. The second-order valence-corrected chi connectivity index (χ2v) is 4.89. The van der Waals surface area contributed by atoms with Crippen molar-refractivity contribution < 1.29 is 19.1 Å². The van der Waals surface area contributed by atoms with Crippen LogP contribution in [0.3, 0.4) is 0 Å². The maximum Gasteiger partial charge on any atom is 0.276 e. The Morgan fingerprint density at radius 1 is 1.09 bits per heavy atom. The molecular formula is C16H15ClN2O4. The molecule has 0 aliphatic carbocycles. The molecule has 0 aromatic heterocycles. The minimum absolute atomic E-state index is 0.212. The Morgan fingerprint density at radius 2 is 1.83 bits per heavy atom. The van der Waals surface area contributed by atoms with Gasteiger partial charge in [-0.05, 0) is 30.3 Å². The highest BCUT2D eigenvalue weighted by molar-refractivity contribution is 6.31. The zero-order valence-corrected chi connectivity index (χ0v) is 13.1. The number of benzene rings is 2. The molecular weight excluding hydrogens is 320 g/mol. The summed E-state index contributed by atoms with van der Waals surface area (Å²) in [6.45, 7) is -0.225. The molecule has 2 N–H and O–H groups in total. The molecule has 7 heteroatoms. The SMILES string of the molecule is COc1ccc(Cl)cc1C(=O)NNC(=O)COc1ccccc1. The molecule has 0 fully saturated rings. The van der Waals surface area contributed by atoms with Crippen LogP contribution in [0.4, 0.5) is 0 Å². The molecule has 120 valence electrons. The number of rotatable bonds is 5. The predicted molar refractivity (Wildman–Crippen MR) is 85.5 cm³/mol. The Bertz CT molecular complexity index is 692. The lowest BCUT2D eigenvalue weighted by Crippen LogP contribution is -2.43. The van der Waals surface area contributed by atoms with E-state index in [9.17, 15) is 9.59 Å². The summed E-state index contributed by atoms with van der Waals surface area (Å²) < 4.78 is 10.3. The molecule has 0 aliphatic rings. The second kappa shape index (κ2) is 8.05. The summed E-state index contributed by atoms with van der Waals surface area (Å²) in [7, 11) is 1.44. The van der Waals surface area contributed by atoms with E-state index in [2.05, 4.69) is 10.9 Å². The van der Waals surface area contributed by atoms with Gasteiger partial charge in [-0.15, -0.1) is 0 Å². The van der Waals surface area contributed by atoms with Crippen LogP contribution < -0.4 is 20.3 Å². The van der Waals surface area contributed by atoms with E-state index in [1.165, 1.54) is 13.2 Å². The van der Waals surface area contributed by atoms with Gasteiger partial charge in [0.1, 0.15) is 11.5 Å². The number of hydrazine groups is 1. The van der Waals surface area contributed by atoms with Crippen molar-refractivity contribution in [2.75, 3.05) is 13.7 Å². The summed E-state index contributed by atoms with van der Waals surface area (Å²) in [5.74, 6) is -0.132. The molecule has 2 amide bonds. The molecule has 0 unspecified atom stereocenters. The van der Waals surface area contributed by atoms with Gasteiger partial charge in [-0.1, -0.05) is 29.8 Å². The van der Waals surface area contributed by atoms with Crippen LogP contribution in [0, 0.1) is 0 Å². The first-order valence-electron chi connectivity index (χ1n) is 6.70. The molecule has 0 bridgehead atoms. The number of hydrogen-bond donors (Lipinski definition) is 2. The molecule has 2 aromatic rings. The molecule has 0 heterocycles. The number of halogens is 1. The van der Waals surface area contributed by atoms with Crippen molar-refractivity contribution in [1.29, 1.82) is 0 Å². The third-order valence-corrected chi connectivity index (χ3v) is 3.07. The first-order valence-corrected chi connectivity index (χ1v) is 7.08. The summed E-state index contributed by atoms with van der Waals surface area (Å²) in [4.78, 5) is 23.7. The minimum Gasteiger partial charge on any atom is -0.496 e. The van der Waals surface area contributed by atoms with E-state index in [-0.39, 0.29) is 12.2 Å². The average Bonchev–Trinajstić information content (AvgIpc) is 2.58. The Morgan fingerprint density at radius 3 is 2.52 bits per heavy atom. The average molecular weight is 335 g/mol. The highest BCUT2D eigenvalue weighted by Crippen LogP contribution is 2.22. The minimum atomic E-state index is -0.544. The summed E-state index contributed by atoms with van der Waals surface area (Å²) in [6, 6.07) is 13.5. The van der Waals surface area contributed by atoms with E-state index in [0.717, 1.165) is 0 Å². The number of ether oxygens (including phenoxy) is 2. The lowest BCUT2D eigenvalue weighted by molar-refractivity contribution is -0.123. The van der Waals surface area contributed by atoms with Crippen LogP contribution in [0.25, 0.3) is 0 Å². The molecule has 0 spiro atoms. The van der Waals surface area contributed by atoms with Gasteiger partial charge in [-0.3, -0.25) is 20.4 Å². The van der Waals surface area contributed by atoms with E-state index in [1.54, 1.807) is 36.4 Å². The van der Waals surface area contributed by atoms with Crippen LogP contribution in [0.2, 0.25) is 5.02 Å². The Balaban J connectivity index is 1.86. The van der Waals surface area contributed by atoms with Crippen LogP contribution in [-0.2, 0) is 4.79 Å². The molecule has 2 aromatic carbocycles. The van der Waals surface area contributed by atoms with Crippen molar-refractivity contribution in [3.8, 4) is 11.5 Å². The highest BCUT2D eigenvalue weighted by Gasteiger charge is 2.13. The summed E-state index contributed by atoms with van der Waals surface area (Å²) in [5, 5.41) is 0.384. The molecule has 0 saturated heterocycles. The smallest absolute Gasteiger partial charge is 0.276 e. The van der Waals surface area contributed by atoms with Crippen LogP contribution in [0.1, 0.15) is 10.4 Å². The maximum atomic E-state index is 12.1. The van der Waals surface area contributed by atoms with Gasteiger partial charge in [0.05, 0.1) is 12.7 Å². The van der Waals surface area contributed by atoms with Gasteiger partial charge in [-0.2, -0.15) is 0 Å². The van der Waals surface area contributed by atoms with E-state index < -0.39 is 11.8 Å². The lowest BCUT2D eigenvalue weighted by Gasteiger charge is -2.11. The third kappa shape index (κ3) is 4.89. The maximum absolute atomic E-state index is 12.1. The van der Waals surface area contributed by atoms with Gasteiger partial charge in [0.15, 0.2) is 6.61 Å². The predicted octanol–water partition coefficient (Wildman–Crippen LogP) is 2.19. The van der Waals surface area contributed by atoms with Crippen LogP contribution >= 0.6 is 11.6 Å². The number of carbonyl (C=O) groups excluding carboxylic acids is 2. The Labute approximate surface area is 138 Å². The molecule has 0 saturated carbocycles. The third-order valence-electron chi connectivity index (χ3n) is 2.83. The molecule has 0 aliphatic heterocycles. The van der Waals surface area contributed by atoms with Crippen LogP contribution in [0.5, 0.6) is 11.5 Å². The van der Waals surface area contributed by atoms with Crippen molar-refractivity contribution in [1.82, 2.24) is 10.9 Å². The highest BCUT2D eigenvalue weighted by atomic mass is 35.5. The molecule has 6 nitrogen and oxygen atoms in total. The standard InChI is InChI=1S/C16H15ClN2O4/c1-22-14-8-7-11(17)9-13(14)16(21)19-18-15(20)10-23-12-5-3-2-4-6-12/h2-9H,10H2,1H3,(H,18,20)(H,19,21). The van der Waals surface area contributed by atoms with Gasteiger partial charge < -0.3 is 9.47 Å². The van der Waals surface area contributed by atoms with Crippen molar-refractivity contribution in [3.63, 3.8) is 0 Å². The van der Waals surface area contributed by atoms with E-state index in [4.69, 9.17) is 21.1 Å². The molecule has 23 heavy (non-hydrogen) atoms. The zero-order valence-electron chi connectivity index (χ0n) is 12.3. The Kier molecular flexibility index (Phi) is 5.82. The first kappa shape index (κ1) is 16.6. The van der Waals surface area contributed by atoms with E-state index >= 15 is 0 Å². The van der Waals surface area contributed by atoms with Crippen molar-refractivity contribution in [2.45, 2.75) is 0 Å². The topological polar surface area (TPSA) is 76.7 Å². The number of nitrogens with one attached hydrogen (secondary N) is 2. The van der Waals surface area contributed by atoms with E-state index in [1.807, 2.05) is 6.07 Å². The van der Waals surface area contributed by atoms with Gasteiger partial charge >= 0.3 is 0 Å². The fourth-order valence-corrected chi connectivity index (χ4v) is 1.93. The summed E-state index contributed by atoms with van der Waals surface area (Å²) >= 11 is 5.86. The molecule has 0 atom stereocenters. The van der Waals surface area contributed by atoms with Gasteiger partial charge in [-0.25, -0.2) is 0 Å².